The Morgan fingerprint density at radius 3 is 2.68 bits per heavy atom. The molecule has 28 heavy (non-hydrogen) atoms. The largest absolute Gasteiger partial charge is 0.378 e. The van der Waals surface area contributed by atoms with Gasteiger partial charge in [-0.1, -0.05) is 12.8 Å². The van der Waals surface area contributed by atoms with Crippen molar-refractivity contribution in [3.05, 3.63) is 0 Å². The fourth-order valence-electron chi connectivity index (χ4n) is 5.25. The van der Waals surface area contributed by atoms with Crippen LogP contribution in [-0.2, 0) is 14.2 Å². The van der Waals surface area contributed by atoms with E-state index >= 15 is 0 Å². The van der Waals surface area contributed by atoms with Gasteiger partial charge in [0, 0.05) is 52.8 Å². The minimum Gasteiger partial charge on any atom is -0.378 e. The zero-order valence-corrected chi connectivity index (χ0v) is 18.3. The maximum Gasteiger partial charge on any atom is 0.165 e. The van der Waals surface area contributed by atoms with Gasteiger partial charge in [0.2, 0.25) is 0 Å². The summed E-state index contributed by atoms with van der Waals surface area (Å²) in [5.74, 6) is 1.47. The van der Waals surface area contributed by atoms with Gasteiger partial charge in [-0.3, -0.25) is 0 Å². The van der Waals surface area contributed by atoms with Gasteiger partial charge in [-0.2, -0.15) is 0 Å². The van der Waals surface area contributed by atoms with Crippen LogP contribution in [0, 0.1) is 11.8 Å². The second-order valence-corrected chi connectivity index (χ2v) is 8.99. The molecule has 0 bridgehead atoms. The summed E-state index contributed by atoms with van der Waals surface area (Å²) < 4.78 is 19.8. The lowest BCUT2D eigenvalue weighted by Crippen LogP contribution is -2.44. The summed E-state index contributed by atoms with van der Waals surface area (Å²) in [4.78, 5) is 2.74. The first kappa shape index (κ1) is 22.2. The van der Waals surface area contributed by atoms with E-state index in [-0.39, 0.29) is 0 Å². The van der Waals surface area contributed by atoms with Gasteiger partial charge in [0.1, 0.15) is 19.4 Å². The van der Waals surface area contributed by atoms with Crippen molar-refractivity contribution in [3.8, 4) is 0 Å². The molecule has 0 aromatic heterocycles. The Hall–Kier alpha value is -0.490. The van der Waals surface area contributed by atoms with Crippen LogP contribution in [0.25, 0.3) is 0 Å². The minimum absolute atomic E-state index is 0.444. The normalized spacial score (nSPS) is 31.3. The van der Waals surface area contributed by atoms with Crippen molar-refractivity contribution in [2.75, 3.05) is 59.7 Å². The molecule has 0 aromatic rings. The Bertz CT molecular complexity index is 463. The molecule has 1 saturated carbocycles. The molecule has 0 amide bonds. The monoisotopic (exact) mass is 395 g/mol. The van der Waals surface area contributed by atoms with Gasteiger partial charge < -0.3 is 19.1 Å². The highest BCUT2D eigenvalue weighted by Gasteiger charge is 2.30. The van der Waals surface area contributed by atoms with Crippen LogP contribution < -0.4 is 0 Å². The molecule has 3 rings (SSSR count). The third kappa shape index (κ3) is 7.08. The Kier molecular flexibility index (Phi) is 9.72. The fraction of sp³-hybridized carbons (Fsp3) is 0.957. The number of methoxy groups -OCH3 is 1. The molecule has 1 saturated heterocycles. The van der Waals surface area contributed by atoms with Gasteiger partial charge in [0.15, 0.2) is 6.54 Å². The van der Waals surface area contributed by atoms with E-state index in [4.69, 9.17) is 14.2 Å². The Morgan fingerprint density at radius 2 is 1.96 bits per heavy atom. The predicted molar refractivity (Wildman–Crippen MR) is 113 cm³/mol. The molecule has 5 nitrogen and oxygen atoms in total. The van der Waals surface area contributed by atoms with E-state index in [0.717, 1.165) is 38.8 Å². The lowest BCUT2D eigenvalue weighted by molar-refractivity contribution is -0.532. The molecule has 0 aromatic carbocycles. The van der Waals surface area contributed by atoms with Crippen LogP contribution in [0.2, 0.25) is 0 Å². The summed E-state index contributed by atoms with van der Waals surface area (Å²) in [5.41, 5.74) is 0. The summed E-state index contributed by atoms with van der Waals surface area (Å²) >= 11 is 0. The molecule has 162 valence electrons. The van der Waals surface area contributed by atoms with Crippen LogP contribution in [0.3, 0.4) is 0 Å². The molecule has 0 radical (unpaired) electrons. The summed E-state index contributed by atoms with van der Waals surface area (Å²) in [6, 6.07) is 0. The maximum atomic E-state index is 6.13. The van der Waals surface area contributed by atoms with Gasteiger partial charge in [0.05, 0.1) is 12.2 Å². The molecule has 2 aliphatic heterocycles. The summed E-state index contributed by atoms with van der Waals surface area (Å²) in [7, 11) is 1.79. The Morgan fingerprint density at radius 1 is 1.07 bits per heavy atom. The van der Waals surface area contributed by atoms with E-state index in [1.807, 2.05) is 0 Å². The van der Waals surface area contributed by atoms with E-state index in [2.05, 4.69) is 22.6 Å². The van der Waals surface area contributed by atoms with Crippen molar-refractivity contribution < 1.29 is 18.8 Å². The average molecular weight is 396 g/mol. The van der Waals surface area contributed by atoms with Crippen molar-refractivity contribution in [1.82, 2.24) is 4.90 Å². The zero-order valence-electron chi connectivity index (χ0n) is 18.3. The number of ether oxygens (including phenoxy) is 3. The van der Waals surface area contributed by atoms with Crippen molar-refractivity contribution in [3.63, 3.8) is 0 Å². The second kappa shape index (κ2) is 12.3. The molecule has 5 heteroatoms. The zero-order chi connectivity index (χ0) is 19.6. The molecular weight excluding hydrogens is 352 g/mol. The summed E-state index contributed by atoms with van der Waals surface area (Å²) in [6.07, 6.45) is 13.6. The van der Waals surface area contributed by atoms with Gasteiger partial charge >= 0.3 is 0 Å². The van der Waals surface area contributed by atoms with E-state index in [1.165, 1.54) is 71.0 Å². The van der Waals surface area contributed by atoms with Crippen molar-refractivity contribution in [1.29, 1.82) is 0 Å². The SMILES string of the molecule is CCOC1CCCCC1CN(CC1CC=[N+](CCOC)CC1)CC1CCCO1. The first-order chi connectivity index (χ1) is 13.8. The minimum atomic E-state index is 0.444. The first-order valence-corrected chi connectivity index (χ1v) is 11.8. The number of hydrogen-bond donors (Lipinski definition) is 0. The molecule has 2 fully saturated rings. The van der Waals surface area contributed by atoms with Gasteiger partial charge in [-0.05, 0) is 44.4 Å². The Balaban J connectivity index is 1.55. The molecule has 2 heterocycles. The van der Waals surface area contributed by atoms with Gasteiger partial charge in [-0.15, -0.1) is 0 Å². The van der Waals surface area contributed by atoms with E-state index in [9.17, 15) is 0 Å². The average Bonchev–Trinajstić information content (AvgIpc) is 3.22. The van der Waals surface area contributed by atoms with Crippen molar-refractivity contribution >= 4 is 6.21 Å². The van der Waals surface area contributed by atoms with Crippen LogP contribution in [0.4, 0.5) is 0 Å². The smallest absolute Gasteiger partial charge is 0.165 e. The van der Waals surface area contributed by atoms with Gasteiger partial charge in [0.25, 0.3) is 0 Å². The molecule has 4 unspecified atom stereocenters. The number of nitrogens with zero attached hydrogens (tertiary/aromatic N) is 2. The van der Waals surface area contributed by atoms with E-state index in [1.54, 1.807) is 7.11 Å². The van der Waals surface area contributed by atoms with Gasteiger partial charge in [-0.25, -0.2) is 4.58 Å². The Labute approximate surface area is 172 Å². The lowest BCUT2D eigenvalue weighted by Gasteiger charge is -2.37. The highest BCUT2D eigenvalue weighted by atomic mass is 16.5. The second-order valence-electron chi connectivity index (χ2n) is 8.99. The lowest BCUT2D eigenvalue weighted by atomic mass is 9.85. The highest BCUT2D eigenvalue weighted by Crippen LogP contribution is 2.29. The standard InChI is InChI=1S/C23H43N2O3/c1-3-27-23-9-5-4-7-21(23)18-25(19-22-8-6-15-28-22)17-20-10-12-24(13-11-20)14-16-26-2/h12,20-23H,3-11,13-19H2,1-2H3/q+1. The topological polar surface area (TPSA) is 33.9 Å². The molecule has 4 atom stereocenters. The molecule has 0 N–H and O–H groups in total. The molecule has 1 aliphatic carbocycles. The quantitative estimate of drug-likeness (QED) is 0.503. The van der Waals surface area contributed by atoms with E-state index in [0.29, 0.717) is 18.1 Å². The van der Waals surface area contributed by atoms with Crippen molar-refractivity contribution in [2.45, 2.75) is 70.5 Å². The molecule has 3 aliphatic rings. The molecular formula is C23H43N2O3+. The van der Waals surface area contributed by atoms with E-state index < -0.39 is 0 Å². The third-order valence-electron chi connectivity index (χ3n) is 6.82. The maximum absolute atomic E-state index is 6.13. The van der Waals surface area contributed by atoms with Crippen molar-refractivity contribution in [2.24, 2.45) is 11.8 Å². The van der Waals surface area contributed by atoms with Crippen LogP contribution >= 0.6 is 0 Å². The summed E-state index contributed by atoms with van der Waals surface area (Å²) in [6.45, 7) is 10.5. The van der Waals surface area contributed by atoms with Crippen LogP contribution in [0.1, 0.15) is 58.3 Å². The number of rotatable bonds is 11. The first-order valence-electron chi connectivity index (χ1n) is 11.8. The highest BCUT2D eigenvalue weighted by molar-refractivity contribution is 5.52. The third-order valence-corrected chi connectivity index (χ3v) is 6.82. The van der Waals surface area contributed by atoms with Crippen LogP contribution in [0.5, 0.6) is 0 Å². The number of hydrogen-bond acceptors (Lipinski definition) is 4. The van der Waals surface area contributed by atoms with Crippen LogP contribution in [0.15, 0.2) is 0 Å². The fourth-order valence-corrected chi connectivity index (χ4v) is 5.25. The predicted octanol–water partition coefficient (Wildman–Crippen LogP) is 3.20. The summed E-state index contributed by atoms with van der Waals surface area (Å²) in [5, 5.41) is 0. The molecule has 0 spiro atoms. The van der Waals surface area contributed by atoms with Crippen LogP contribution in [-0.4, -0.2) is 87.6 Å².